The Labute approximate surface area is 129 Å². The van der Waals surface area contributed by atoms with Gasteiger partial charge < -0.3 is 24.8 Å². The van der Waals surface area contributed by atoms with E-state index in [1.807, 2.05) is 6.92 Å². The maximum absolute atomic E-state index is 10.0. The average molecular weight is 300 g/mol. The lowest BCUT2D eigenvalue weighted by Crippen LogP contribution is -2.42. The largest absolute Gasteiger partial charge is 0.389 e. The minimum Gasteiger partial charge on any atom is -0.389 e. The number of aliphatic hydroxyl groups excluding tert-OH is 1. The average Bonchev–Trinajstić information content (AvgIpc) is 3.29. The highest BCUT2D eigenvalue weighted by molar-refractivity contribution is 4.83. The van der Waals surface area contributed by atoms with Gasteiger partial charge in [-0.3, -0.25) is 0 Å². The summed E-state index contributed by atoms with van der Waals surface area (Å²) < 4.78 is 10.6. The Hall–Kier alpha value is -0.200. The SMILES string of the molecule is COCC(C)OCC(O)CN1CCC(CNC2CC2)CC1. The van der Waals surface area contributed by atoms with Crippen LogP contribution in [0.2, 0.25) is 0 Å². The van der Waals surface area contributed by atoms with E-state index < -0.39 is 6.10 Å². The molecule has 2 rings (SSSR count). The van der Waals surface area contributed by atoms with Crippen LogP contribution >= 0.6 is 0 Å². The molecule has 2 atom stereocenters. The Morgan fingerprint density at radius 1 is 1.19 bits per heavy atom. The predicted octanol–water partition coefficient (Wildman–Crippen LogP) is 0.863. The number of piperidine rings is 1. The second kappa shape index (κ2) is 9.06. The van der Waals surface area contributed by atoms with Crippen LogP contribution in [-0.2, 0) is 9.47 Å². The lowest BCUT2D eigenvalue weighted by atomic mass is 9.96. The molecule has 1 aliphatic carbocycles. The highest BCUT2D eigenvalue weighted by Gasteiger charge is 2.25. The molecule has 1 saturated carbocycles. The molecule has 0 radical (unpaired) electrons. The lowest BCUT2D eigenvalue weighted by Gasteiger charge is -2.33. The maximum Gasteiger partial charge on any atom is 0.0900 e. The second-order valence-corrected chi connectivity index (χ2v) is 6.68. The van der Waals surface area contributed by atoms with E-state index in [1.165, 1.54) is 32.2 Å². The highest BCUT2D eigenvalue weighted by atomic mass is 16.5. The van der Waals surface area contributed by atoms with Crippen molar-refractivity contribution in [2.75, 3.05) is 46.5 Å². The van der Waals surface area contributed by atoms with Crippen LogP contribution in [0.3, 0.4) is 0 Å². The first kappa shape index (κ1) is 17.2. The number of rotatable bonds is 10. The third-order valence-electron chi connectivity index (χ3n) is 4.42. The lowest BCUT2D eigenvalue weighted by molar-refractivity contribution is -0.0417. The van der Waals surface area contributed by atoms with Gasteiger partial charge in [-0.1, -0.05) is 0 Å². The van der Waals surface area contributed by atoms with Crippen molar-refractivity contribution >= 4 is 0 Å². The highest BCUT2D eigenvalue weighted by Crippen LogP contribution is 2.21. The summed E-state index contributed by atoms with van der Waals surface area (Å²) in [6.07, 6.45) is 4.87. The fourth-order valence-corrected chi connectivity index (χ4v) is 2.90. The van der Waals surface area contributed by atoms with Gasteiger partial charge in [0.15, 0.2) is 0 Å². The molecule has 1 aliphatic heterocycles. The molecule has 0 amide bonds. The fraction of sp³-hybridized carbons (Fsp3) is 1.00. The van der Waals surface area contributed by atoms with Crippen molar-refractivity contribution in [3.05, 3.63) is 0 Å². The Morgan fingerprint density at radius 3 is 2.52 bits per heavy atom. The van der Waals surface area contributed by atoms with Crippen molar-refractivity contribution in [1.82, 2.24) is 10.2 Å². The third kappa shape index (κ3) is 7.06. The van der Waals surface area contributed by atoms with Gasteiger partial charge in [0, 0.05) is 19.7 Å². The predicted molar refractivity (Wildman–Crippen MR) is 83.5 cm³/mol. The minimum atomic E-state index is -0.398. The molecule has 5 nitrogen and oxygen atoms in total. The third-order valence-corrected chi connectivity index (χ3v) is 4.42. The van der Waals surface area contributed by atoms with Gasteiger partial charge in [-0.05, 0) is 58.2 Å². The number of β-amino-alcohol motifs (C(OH)–C–C–N with tert-alkyl or cyclic N) is 1. The zero-order valence-electron chi connectivity index (χ0n) is 13.6. The molecule has 1 saturated heterocycles. The number of nitrogens with zero attached hydrogens (tertiary/aromatic N) is 1. The molecule has 1 heterocycles. The fourth-order valence-electron chi connectivity index (χ4n) is 2.90. The summed E-state index contributed by atoms with van der Waals surface area (Å²) in [5.41, 5.74) is 0. The van der Waals surface area contributed by atoms with Crippen molar-refractivity contribution in [3.8, 4) is 0 Å². The number of nitrogens with one attached hydrogen (secondary N) is 1. The molecule has 2 N–H and O–H groups in total. The summed E-state index contributed by atoms with van der Waals surface area (Å²) in [4.78, 5) is 2.36. The summed E-state index contributed by atoms with van der Waals surface area (Å²) in [7, 11) is 1.67. The van der Waals surface area contributed by atoms with Crippen LogP contribution in [0.4, 0.5) is 0 Å². The first-order valence-corrected chi connectivity index (χ1v) is 8.41. The number of likely N-dealkylation sites (tertiary alicyclic amines) is 1. The van der Waals surface area contributed by atoms with Crippen LogP contribution in [0.25, 0.3) is 0 Å². The van der Waals surface area contributed by atoms with E-state index in [2.05, 4.69) is 10.2 Å². The minimum absolute atomic E-state index is 0.0453. The molecule has 5 heteroatoms. The van der Waals surface area contributed by atoms with E-state index in [9.17, 15) is 5.11 Å². The van der Waals surface area contributed by atoms with Gasteiger partial charge in [-0.2, -0.15) is 0 Å². The van der Waals surface area contributed by atoms with Crippen LogP contribution in [0.5, 0.6) is 0 Å². The van der Waals surface area contributed by atoms with Crippen molar-refractivity contribution in [1.29, 1.82) is 0 Å². The second-order valence-electron chi connectivity index (χ2n) is 6.68. The monoisotopic (exact) mass is 300 g/mol. The van der Waals surface area contributed by atoms with Crippen LogP contribution in [0, 0.1) is 5.92 Å². The number of methoxy groups -OCH3 is 1. The molecule has 0 bridgehead atoms. The van der Waals surface area contributed by atoms with Crippen LogP contribution in [-0.4, -0.2) is 74.8 Å². The summed E-state index contributed by atoms with van der Waals surface area (Å²) in [6, 6.07) is 0.816. The summed E-state index contributed by atoms with van der Waals surface area (Å²) in [5, 5.41) is 13.7. The summed E-state index contributed by atoms with van der Waals surface area (Å²) >= 11 is 0. The Kier molecular flexibility index (Phi) is 7.40. The number of aliphatic hydroxyl groups is 1. The van der Waals surface area contributed by atoms with Gasteiger partial charge in [-0.25, -0.2) is 0 Å². The van der Waals surface area contributed by atoms with Crippen LogP contribution in [0.15, 0.2) is 0 Å². The van der Waals surface area contributed by atoms with Gasteiger partial charge in [0.1, 0.15) is 0 Å². The first-order chi connectivity index (χ1) is 10.2. The first-order valence-electron chi connectivity index (χ1n) is 8.41. The normalized spacial score (nSPS) is 24.1. The molecular formula is C16H32N2O3. The number of ether oxygens (including phenoxy) is 2. The molecule has 0 aromatic rings. The van der Waals surface area contributed by atoms with E-state index in [1.54, 1.807) is 7.11 Å². The van der Waals surface area contributed by atoms with Gasteiger partial charge in [0.2, 0.25) is 0 Å². The molecule has 2 unspecified atom stereocenters. The topological polar surface area (TPSA) is 54.0 Å². The molecular weight excluding hydrogens is 268 g/mol. The molecule has 0 spiro atoms. The molecule has 21 heavy (non-hydrogen) atoms. The quantitative estimate of drug-likeness (QED) is 0.627. The smallest absolute Gasteiger partial charge is 0.0900 e. The standard InChI is InChI=1S/C16H32N2O3/c1-13(11-20-2)21-12-16(19)10-18-7-5-14(6-8-18)9-17-15-3-4-15/h13-17,19H,3-12H2,1-2H3. The van der Waals surface area contributed by atoms with Crippen molar-refractivity contribution in [2.24, 2.45) is 5.92 Å². The van der Waals surface area contributed by atoms with E-state index in [-0.39, 0.29) is 6.10 Å². The van der Waals surface area contributed by atoms with Crippen LogP contribution in [0.1, 0.15) is 32.6 Å². The summed E-state index contributed by atoms with van der Waals surface area (Å²) in [5.74, 6) is 0.817. The molecule has 2 fully saturated rings. The molecule has 2 aliphatic rings. The van der Waals surface area contributed by atoms with E-state index in [4.69, 9.17) is 9.47 Å². The van der Waals surface area contributed by atoms with Gasteiger partial charge >= 0.3 is 0 Å². The maximum atomic E-state index is 10.0. The van der Waals surface area contributed by atoms with E-state index >= 15 is 0 Å². The van der Waals surface area contributed by atoms with Gasteiger partial charge in [0.05, 0.1) is 25.4 Å². The Morgan fingerprint density at radius 2 is 1.90 bits per heavy atom. The van der Waals surface area contributed by atoms with Crippen molar-refractivity contribution in [3.63, 3.8) is 0 Å². The molecule has 0 aromatic heterocycles. The zero-order chi connectivity index (χ0) is 15.1. The van der Waals surface area contributed by atoms with E-state index in [0.29, 0.717) is 13.2 Å². The Bertz CT molecular complexity index is 279. The zero-order valence-corrected chi connectivity index (χ0v) is 13.6. The number of hydrogen-bond acceptors (Lipinski definition) is 5. The van der Waals surface area contributed by atoms with Crippen molar-refractivity contribution < 1.29 is 14.6 Å². The molecule has 0 aromatic carbocycles. The Balaban J connectivity index is 1.52. The van der Waals surface area contributed by atoms with Gasteiger partial charge in [0.25, 0.3) is 0 Å². The van der Waals surface area contributed by atoms with Crippen LogP contribution < -0.4 is 5.32 Å². The van der Waals surface area contributed by atoms with E-state index in [0.717, 1.165) is 31.6 Å². The molecule has 124 valence electrons. The van der Waals surface area contributed by atoms with Gasteiger partial charge in [-0.15, -0.1) is 0 Å². The summed E-state index contributed by atoms with van der Waals surface area (Å²) in [6.45, 7) is 7.04. The number of hydrogen-bond donors (Lipinski definition) is 2. The van der Waals surface area contributed by atoms with Crippen molar-refractivity contribution in [2.45, 2.75) is 50.9 Å².